The minimum Gasteiger partial charge on any atom is -0.298 e. The fourth-order valence-electron chi connectivity index (χ4n) is 2.34. The van der Waals surface area contributed by atoms with Crippen LogP contribution in [0.3, 0.4) is 0 Å². The molecule has 2 heterocycles. The third-order valence-corrected chi connectivity index (χ3v) is 4.42. The van der Waals surface area contributed by atoms with E-state index in [1.54, 1.807) is 5.38 Å². The molecule has 0 aliphatic heterocycles. The SMILES string of the molecule is CC(=O)c1csc(NC(=O)c2cc(C(C)C)nc3ccccc23)n1. The summed E-state index contributed by atoms with van der Waals surface area (Å²) in [4.78, 5) is 32.8. The quantitative estimate of drug-likeness (QED) is 0.721. The average molecular weight is 339 g/mol. The van der Waals surface area contributed by atoms with Crippen LogP contribution in [0, 0.1) is 0 Å². The summed E-state index contributed by atoms with van der Waals surface area (Å²) in [5.41, 5.74) is 2.57. The Morgan fingerprint density at radius 3 is 2.58 bits per heavy atom. The minimum absolute atomic E-state index is 0.122. The van der Waals surface area contributed by atoms with E-state index in [2.05, 4.69) is 15.3 Å². The number of benzene rings is 1. The number of hydrogen-bond donors (Lipinski definition) is 1. The highest BCUT2D eigenvalue weighted by Gasteiger charge is 2.16. The molecular weight excluding hydrogens is 322 g/mol. The number of Topliss-reactive ketones (excluding diaryl/α,β-unsaturated/α-hetero) is 1. The lowest BCUT2D eigenvalue weighted by molar-refractivity contribution is 0.100. The maximum Gasteiger partial charge on any atom is 0.258 e. The Bertz CT molecular complexity index is 931. The molecule has 0 spiro atoms. The highest BCUT2D eigenvalue weighted by atomic mass is 32.1. The van der Waals surface area contributed by atoms with Gasteiger partial charge in [0.05, 0.1) is 11.1 Å². The van der Waals surface area contributed by atoms with Crippen molar-refractivity contribution in [1.29, 1.82) is 0 Å². The van der Waals surface area contributed by atoms with Crippen LogP contribution in [-0.4, -0.2) is 21.7 Å². The van der Waals surface area contributed by atoms with Gasteiger partial charge in [0.25, 0.3) is 5.91 Å². The molecular formula is C18H17N3O2S. The Labute approximate surface area is 143 Å². The van der Waals surface area contributed by atoms with Gasteiger partial charge in [-0.05, 0) is 18.1 Å². The summed E-state index contributed by atoms with van der Waals surface area (Å²) in [6.45, 7) is 5.53. The Morgan fingerprint density at radius 2 is 1.92 bits per heavy atom. The number of hydrogen-bond acceptors (Lipinski definition) is 5. The lowest BCUT2D eigenvalue weighted by Gasteiger charge is -2.11. The number of rotatable bonds is 4. The van der Waals surface area contributed by atoms with E-state index in [4.69, 9.17) is 0 Å². The second kappa shape index (κ2) is 6.49. The van der Waals surface area contributed by atoms with Gasteiger partial charge >= 0.3 is 0 Å². The lowest BCUT2D eigenvalue weighted by atomic mass is 10.0. The van der Waals surface area contributed by atoms with Gasteiger partial charge in [0.15, 0.2) is 10.9 Å². The smallest absolute Gasteiger partial charge is 0.258 e. The monoisotopic (exact) mass is 339 g/mol. The number of aromatic nitrogens is 2. The first-order chi connectivity index (χ1) is 11.5. The van der Waals surface area contributed by atoms with Crippen molar-refractivity contribution in [1.82, 2.24) is 9.97 Å². The number of nitrogens with one attached hydrogen (secondary N) is 1. The molecule has 2 aromatic heterocycles. The number of thiazole rings is 1. The van der Waals surface area contributed by atoms with Crippen LogP contribution < -0.4 is 5.32 Å². The van der Waals surface area contributed by atoms with Crippen LogP contribution in [0.15, 0.2) is 35.7 Å². The second-order valence-corrected chi connectivity index (χ2v) is 6.67. The molecule has 1 N–H and O–H groups in total. The maximum atomic E-state index is 12.7. The molecule has 0 aliphatic carbocycles. The van der Waals surface area contributed by atoms with Crippen molar-refractivity contribution in [2.75, 3.05) is 5.32 Å². The van der Waals surface area contributed by atoms with E-state index in [0.717, 1.165) is 16.6 Å². The fraction of sp³-hybridized carbons (Fsp3) is 0.222. The minimum atomic E-state index is -0.250. The van der Waals surface area contributed by atoms with E-state index in [0.29, 0.717) is 16.4 Å². The first-order valence-corrected chi connectivity index (χ1v) is 8.51. The number of carbonyl (C=O) groups excluding carboxylic acids is 2. The van der Waals surface area contributed by atoms with Crippen molar-refractivity contribution >= 4 is 39.1 Å². The summed E-state index contributed by atoms with van der Waals surface area (Å²) < 4.78 is 0. The highest BCUT2D eigenvalue weighted by Crippen LogP contribution is 2.24. The third kappa shape index (κ3) is 3.19. The van der Waals surface area contributed by atoms with E-state index in [1.807, 2.05) is 44.2 Å². The van der Waals surface area contributed by atoms with E-state index in [1.165, 1.54) is 18.3 Å². The van der Waals surface area contributed by atoms with Gasteiger partial charge in [0.1, 0.15) is 5.69 Å². The van der Waals surface area contributed by atoms with Gasteiger partial charge in [-0.2, -0.15) is 0 Å². The largest absolute Gasteiger partial charge is 0.298 e. The first-order valence-electron chi connectivity index (χ1n) is 7.63. The maximum absolute atomic E-state index is 12.7. The normalized spacial score (nSPS) is 11.0. The van der Waals surface area contributed by atoms with Crippen LogP contribution in [-0.2, 0) is 0 Å². The molecule has 6 heteroatoms. The second-order valence-electron chi connectivity index (χ2n) is 5.81. The predicted octanol–water partition coefficient (Wildman–Crippen LogP) is 4.27. The Kier molecular flexibility index (Phi) is 4.40. The molecule has 122 valence electrons. The molecule has 1 aromatic carbocycles. The van der Waals surface area contributed by atoms with Crippen molar-refractivity contribution in [2.45, 2.75) is 26.7 Å². The number of anilines is 1. The van der Waals surface area contributed by atoms with Crippen LogP contribution in [0.1, 0.15) is 53.2 Å². The zero-order valence-electron chi connectivity index (χ0n) is 13.7. The molecule has 0 atom stereocenters. The molecule has 24 heavy (non-hydrogen) atoms. The number of para-hydroxylation sites is 1. The molecule has 0 saturated carbocycles. The van der Waals surface area contributed by atoms with Crippen molar-refractivity contribution in [2.24, 2.45) is 0 Å². The van der Waals surface area contributed by atoms with E-state index in [-0.39, 0.29) is 17.6 Å². The predicted molar refractivity (Wildman–Crippen MR) is 95.9 cm³/mol. The molecule has 0 aliphatic rings. The van der Waals surface area contributed by atoms with Crippen LogP contribution >= 0.6 is 11.3 Å². The summed E-state index contributed by atoms with van der Waals surface area (Å²) >= 11 is 1.24. The van der Waals surface area contributed by atoms with Crippen LogP contribution in [0.5, 0.6) is 0 Å². The van der Waals surface area contributed by atoms with Crippen molar-refractivity contribution in [3.63, 3.8) is 0 Å². The van der Waals surface area contributed by atoms with E-state index >= 15 is 0 Å². The van der Waals surface area contributed by atoms with Gasteiger partial charge in [0.2, 0.25) is 0 Å². The molecule has 3 rings (SSSR count). The third-order valence-electron chi connectivity index (χ3n) is 3.66. The molecule has 0 radical (unpaired) electrons. The summed E-state index contributed by atoms with van der Waals surface area (Å²) in [7, 11) is 0. The number of ketones is 1. The van der Waals surface area contributed by atoms with E-state index in [9.17, 15) is 9.59 Å². The standard InChI is InChI=1S/C18H17N3O2S/c1-10(2)15-8-13(12-6-4-5-7-14(12)19-15)17(23)21-18-20-16(9-24-18)11(3)22/h4-10H,1-3H3,(H,20,21,23). The molecule has 0 saturated heterocycles. The summed E-state index contributed by atoms with van der Waals surface area (Å²) in [5.74, 6) is -0.159. The van der Waals surface area contributed by atoms with Gasteiger partial charge in [-0.1, -0.05) is 32.0 Å². The Hall–Kier alpha value is -2.60. The topological polar surface area (TPSA) is 72.0 Å². The van der Waals surface area contributed by atoms with Gasteiger partial charge < -0.3 is 0 Å². The molecule has 0 unspecified atom stereocenters. The van der Waals surface area contributed by atoms with E-state index < -0.39 is 0 Å². The molecule has 5 nitrogen and oxygen atoms in total. The number of fused-ring (bicyclic) bond motifs is 1. The number of carbonyl (C=O) groups is 2. The zero-order valence-corrected chi connectivity index (χ0v) is 14.5. The summed E-state index contributed by atoms with van der Waals surface area (Å²) in [6.07, 6.45) is 0. The zero-order chi connectivity index (χ0) is 17.3. The summed E-state index contributed by atoms with van der Waals surface area (Å²) in [6, 6.07) is 9.38. The van der Waals surface area contributed by atoms with Gasteiger partial charge in [-0.3, -0.25) is 19.9 Å². The van der Waals surface area contributed by atoms with Gasteiger partial charge in [-0.15, -0.1) is 11.3 Å². The first kappa shape index (κ1) is 16.3. The Morgan fingerprint density at radius 1 is 1.17 bits per heavy atom. The molecule has 3 aromatic rings. The van der Waals surface area contributed by atoms with Crippen molar-refractivity contribution in [3.05, 3.63) is 52.7 Å². The molecule has 0 fully saturated rings. The van der Waals surface area contributed by atoms with Gasteiger partial charge in [0, 0.05) is 23.4 Å². The Balaban J connectivity index is 2.00. The van der Waals surface area contributed by atoms with Gasteiger partial charge in [-0.25, -0.2) is 4.98 Å². The highest BCUT2D eigenvalue weighted by molar-refractivity contribution is 7.14. The van der Waals surface area contributed by atoms with Crippen LogP contribution in [0.2, 0.25) is 0 Å². The van der Waals surface area contributed by atoms with Crippen molar-refractivity contribution < 1.29 is 9.59 Å². The fourth-order valence-corrected chi connectivity index (χ4v) is 3.08. The molecule has 1 amide bonds. The molecule has 0 bridgehead atoms. The lowest BCUT2D eigenvalue weighted by Crippen LogP contribution is -2.14. The number of pyridine rings is 1. The number of nitrogens with zero attached hydrogens (tertiary/aromatic N) is 2. The van der Waals surface area contributed by atoms with Crippen LogP contribution in [0.25, 0.3) is 10.9 Å². The number of amides is 1. The van der Waals surface area contributed by atoms with Crippen molar-refractivity contribution in [3.8, 4) is 0 Å². The average Bonchev–Trinajstić information content (AvgIpc) is 3.02. The summed E-state index contributed by atoms with van der Waals surface area (Å²) in [5, 5.41) is 5.63. The van der Waals surface area contributed by atoms with Crippen LogP contribution in [0.4, 0.5) is 5.13 Å².